The zero-order valence-corrected chi connectivity index (χ0v) is 13.0. The van der Waals surface area contributed by atoms with E-state index in [2.05, 4.69) is 9.97 Å². The molecule has 1 fully saturated rings. The van der Waals surface area contributed by atoms with Gasteiger partial charge in [-0.3, -0.25) is 14.2 Å². The summed E-state index contributed by atoms with van der Waals surface area (Å²) in [5, 5.41) is 10.6. The van der Waals surface area contributed by atoms with Gasteiger partial charge in [0.05, 0.1) is 18.9 Å². The van der Waals surface area contributed by atoms with Crippen LogP contribution in [0.3, 0.4) is 0 Å². The van der Waals surface area contributed by atoms with Crippen LogP contribution >= 0.6 is 0 Å². The van der Waals surface area contributed by atoms with Gasteiger partial charge in [0.15, 0.2) is 5.65 Å². The second-order valence-electron chi connectivity index (χ2n) is 5.96. The van der Waals surface area contributed by atoms with Gasteiger partial charge in [0.1, 0.15) is 11.3 Å². The molecular formula is C16H19N3O4. The van der Waals surface area contributed by atoms with Crippen LogP contribution in [0.1, 0.15) is 32.1 Å². The molecule has 0 atom stereocenters. The van der Waals surface area contributed by atoms with Crippen LogP contribution in [0.5, 0.6) is 5.88 Å². The molecule has 1 N–H and O–H groups in total. The third kappa shape index (κ3) is 3.24. The summed E-state index contributed by atoms with van der Waals surface area (Å²) in [5.74, 6) is 0.520. The van der Waals surface area contributed by atoms with Crippen LogP contribution in [0, 0.1) is 0 Å². The molecule has 0 spiro atoms. The summed E-state index contributed by atoms with van der Waals surface area (Å²) in [6.07, 6.45) is 3.58. The minimum absolute atomic E-state index is 0.188. The lowest BCUT2D eigenvalue weighted by Gasteiger charge is -2.31. The molecule has 2 aromatic heterocycles. The van der Waals surface area contributed by atoms with Gasteiger partial charge in [-0.2, -0.15) is 4.98 Å². The molecule has 1 aliphatic carbocycles. The first-order valence-electron chi connectivity index (χ1n) is 7.65. The number of ether oxygens (including phenoxy) is 1. The smallest absolute Gasteiger partial charge is 0.252 e. The molecular weight excluding hydrogens is 298 g/mol. The topological polar surface area (TPSA) is 94.3 Å². The maximum Gasteiger partial charge on any atom is 0.252 e. The van der Waals surface area contributed by atoms with Crippen LogP contribution in [-0.4, -0.2) is 38.1 Å². The van der Waals surface area contributed by atoms with E-state index < -0.39 is 5.60 Å². The molecule has 0 aliphatic heterocycles. The second kappa shape index (κ2) is 6.08. The SMILES string of the molecule is COc1cnc2ccc(=O)n(CCC3(O)CCC(=O)CC3)c2n1. The van der Waals surface area contributed by atoms with Crippen molar-refractivity contribution in [2.75, 3.05) is 7.11 Å². The van der Waals surface area contributed by atoms with E-state index in [4.69, 9.17) is 4.74 Å². The number of hydrogen-bond donors (Lipinski definition) is 1. The number of fused-ring (bicyclic) bond motifs is 1. The van der Waals surface area contributed by atoms with E-state index in [1.807, 2.05) is 0 Å². The predicted molar refractivity (Wildman–Crippen MR) is 83.4 cm³/mol. The monoisotopic (exact) mass is 317 g/mol. The summed E-state index contributed by atoms with van der Waals surface area (Å²) in [7, 11) is 1.49. The average Bonchev–Trinajstić information content (AvgIpc) is 2.56. The number of aliphatic hydroxyl groups is 1. The molecule has 7 nitrogen and oxygen atoms in total. The first-order chi connectivity index (χ1) is 11.0. The number of aryl methyl sites for hydroxylation is 1. The predicted octanol–water partition coefficient (Wildman–Crippen LogP) is 1.06. The molecule has 122 valence electrons. The van der Waals surface area contributed by atoms with Crippen molar-refractivity contribution in [3.63, 3.8) is 0 Å². The van der Waals surface area contributed by atoms with E-state index in [9.17, 15) is 14.7 Å². The Morgan fingerprint density at radius 3 is 2.74 bits per heavy atom. The van der Waals surface area contributed by atoms with Crippen molar-refractivity contribution in [2.45, 2.75) is 44.2 Å². The lowest BCUT2D eigenvalue weighted by atomic mass is 9.82. The number of Topliss-reactive ketones (excluding diaryl/α,β-unsaturated/α-hetero) is 1. The third-order valence-corrected chi connectivity index (χ3v) is 4.41. The lowest BCUT2D eigenvalue weighted by molar-refractivity contribution is -0.125. The largest absolute Gasteiger partial charge is 0.480 e. The Labute approximate surface area is 132 Å². The van der Waals surface area contributed by atoms with E-state index in [1.165, 1.54) is 23.9 Å². The summed E-state index contributed by atoms with van der Waals surface area (Å²) in [6, 6.07) is 3.06. The maximum absolute atomic E-state index is 12.2. The zero-order valence-electron chi connectivity index (χ0n) is 13.0. The molecule has 2 aromatic rings. The van der Waals surface area contributed by atoms with Crippen molar-refractivity contribution >= 4 is 16.9 Å². The molecule has 1 saturated carbocycles. The van der Waals surface area contributed by atoms with Crippen molar-refractivity contribution < 1.29 is 14.6 Å². The van der Waals surface area contributed by atoms with Gasteiger partial charge in [-0.15, -0.1) is 0 Å². The van der Waals surface area contributed by atoms with E-state index in [-0.39, 0.29) is 11.3 Å². The summed E-state index contributed by atoms with van der Waals surface area (Å²) in [6.45, 7) is 0.322. The number of rotatable bonds is 4. The Balaban J connectivity index is 1.88. The van der Waals surface area contributed by atoms with Gasteiger partial charge in [-0.25, -0.2) is 4.98 Å². The van der Waals surface area contributed by atoms with Gasteiger partial charge in [0.2, 0.25) is 5.88 Å². The fourth-order valence-corrected chi connectivity index (χ4v) is 2.91. The molecule has 7 heteroatoms. The number of methoxy groups -OCH3 is 1. The van der Waals surface area contributed by atoms with Gasteiger partial charge < -0.3 is 9.84 Å². The van der Waals surface area contributed by atoms with Gasteiger partial charge in [0.25, 0.3) is 5.56 Å². The molecule has 0 amide bonds. The van der Waals surface area contributed by atoms with Crippen LogP contribution in [0.15, 0.2) is 23.1 Å². The molecule has 3 rings (SSSR count). The van der Waals surface area contributed by atoms with E-state index >= 15 is 0 Å². The summed E-state index contributed by atoms with van der Waals surface area (Å²) < 4.78 is 6.57. The number of hydrogen-bond acceptors (Lipinski definition) is 6. The number of carbonyl (C=O) groups excluding carboxylic acids is 1. The Morgan fingerprint density at radius 2 is 2.04 bits per heavy atom. The van der Waals surface area contributed by atoms with E-state index in [0.29, 0.717) is 55.7 Å². The van der Waals surface area contributed by atoms with E-state index in [1.54, 1.807) is 6.07 Å². The highest BCUT2D eigenvalue weighted by molar-refractivity contribution is 5.79. The fraction of sp³-hybridized carbons (Fsp3) is 0.500. The first-order valence-corrected chi connectivity index (χ1v) is 7.65. The van der Waals surface area contributed by atoms with Crippen LogP contribution in [0.4, 0.5) is 0 Å². The van der Waals surface area contributed by atoms with Crippen LogP contribution in [0.2, 0.25) is 0 Å². The molecule has 0 bridgehead atoms. The normalized spacial score (nSPS) is 17.4. The number of nitrogens with zero attached hydrogens (tertiary/aromatic N) is 3. The Bertz CT molecular complexity index is 790. The standard InChI is InChI=1S/C16H19N3O4/c1-23-13-10-17-12-2-3-14(21)19(15(12)18-13)9-8-16(22)6-4-11(20)5-7-16/h2-3,10,22H,4-9H2,1H3. The first kappa shape index (κ1) is 15.6. The van der Waals surface area contributed by atoms with Gasteiger partial charge >= 0.3 is 0 Å². The van der Waals surface area contributed by atoms with Crippen LogP contribution in [0.25, 0.3) is 11.2 Å². The second-order valence-corrected chi connectivity index (χ2v) is 5.96. The molecule has 2 heterocycles. The molecule has 0 saturated heterocycles. The van der Waals surface area contributed by atoms with Crippen molar-refractivity contribution in [1.29, 1.82) is 0 Å². The lowest BCUT2D eigenvalue weighted by Crippen LogP contribution is -2.36. The van der Waals surface area contributed by atoms with Gasteiger partial charge in [-0.05, 0) is 25.3 Å². The maximum atomic E-state index is 12.2. The molecule has 0 radical (unpaired) electrons. The number of pyridine rings is 1. The third-order valence-electron chi connectivity index (χ3n) is 4.41. The molecule has 0 unspecified atom stereocenters. The van der Waals surface area contributed by atoms with Crippen molar-refractivity contribution in [2.24, 2.45) is 0 Å². The Kier molecular flexibility index (Phi) is 4.12. The number of aromatic nitrogens is 3. The highest BCUT2D eigenvalue weighted by Gasteiger charge is 2.32. The summed E-state index contributed by atoms with van der Waals surface area (Å²) >= 11 is 0. The highest BCUT2D eigenvalue weighted by atomic mass is 16.5. The molecule has 23 heavy (non-hydrogen) atoms. The summed E-state index contributed by atoms with van der Waals surface area (Å²) in [4.78, 5) is 32.0. The van der Waals surface area contributed by atoms with Crippen molar-refractivity contribution in [1.82, 2.24) is 14.5 Å². The van der Waals surface area contributed by atoms with Gasteiger partial charge in [-0.1, -0.05) is 0 Å². The number of ketones is 1. The van der Waals surface area contributed by atoms with Crippen LogP contribution < -0.4 is 10.3 Å². The van der Waals surface area contributed by atoms with E-state index in [0.717, 1.165) is 0 Å². The average molecular weight is 317 g/mol. The quantitative estimate of drug-likeness (QED) is 0.906. The zero-order chi connectivity index (χ0) is 16.4. The van der Waals surface area contributed by atoms with Crippen molar-refractivity contribution in [3.05, 3.63) is 28.7 Å². The molecule has 1 aliphatic rings. The highest BCUT2D eigenvalue weighted by Crippen LogP contribution is 2.29. The Morgan fingerprint density at radius 1 is 1.30 bits per heavy atom. The minimum Gasteiger partial charge on any atom is -0.480 e. The summed E-state index contributed by atoms with van der Waals surface area (Å²) in [5.41, 5.74) is -0.0685. The minimum atomic E-state index is -0.901. The Hall–Kier alpha value is -2.28. The fourth-order valence-electron chi connectivity index (χ4n) is 2.91. The van der Waals surface area contributed by atoms with Crippen LogP contribution in [-0.2, 0) is 11.3 Å². The van der Waals surface area contributed by atoms with Crippen molar-refractivity contribution in [3.8, 4) is 5.88 Å². The molecule has 0 aromatic carbocycles. The number of carbonyl (C=O) groups is 1. The van der Waals surface area contributed by atoms with Gasteiger partial charge in [0, 0.05) is 25.5 Å².